The summed E-state index contributed by atoms with van der Waals surface area (Å²) < 4.78 is 4.95. The van der Waals surface area contributed by atoms with Gasteiger partial charge in [-0.15, -0.1) is 0 Å². The van der Waals surface area contributed by atoms with E-state index in [4.69, 9.17) is 4.74 Å². The molecule has 0 aliphatic rings. The second-order valence-electron chi connectivity index (χ2n) is 5.11. The maximum Gasteiger partial charge on any atom is 0.341 e. The van der Waals surface area contributed by atoms with E-state index in [-0.39, 0.29) is 5.97 Å². The van der Waals surface area contributed by atoms with Crippen molar-refractivity contribution in [1.82, 2.24) is 9.97 Å². The number of hydrogen-bond donors (Lipinski definition) is 1. The van der Waals surface area contributed by atoms with Crippen molar-refractivity contribution >= 4 is 11.9 Å². The molecule has 0 radical (unpaired) electrons. The number of hydrogen-bond acceptors (Lipinski definition) is 5. The first-order valence-electron chi connectivity index (χ1n) is 7.93. The van der Waals surface area contributed by atoms with Crippen LogP contribution in [0.15, 0.2) is 6.20 Å². The van der Waals surface area contributed by atoms with Gasteiger partial charge in [-0.2, -0.15) is 0 Å². The van der Waals surface area contributed by atoms with Gasteiger partial charge in [0.1, 0.15) is 0 Å². The molecule has 0 saturated carbocycles. The van der Waals surface area contributed by atoms with E-state index in [9.17, 15) is 4.79 Å². The largest absolute Gasteiger partial charge is 0.462 e. The number of nitrogens with one attached hydrogen (secondary N) is 1. The van der Waals surface area contributed by atoms with Crippen molar-refractivity contribution in [3.8, 4) is 0 Å². The van der Waals surface area contributed by atoms with Gasteiger partial charge in [-0.1, -0.05) is 39.0 Å². The Kier molecular flexibility index (Phi) is 8.40. The van der Waals surface area contributed by atoms with Crippen molar-refractivity contribution in [2.24, 2.45) is 0 Å². The number of aryl methyl sites for hydroxylation is 1. The van der Waals surface area contributed by atoms with Gasteiger partial charge in [0.05, 0.1) is 17.9 Å². The van der Waals surface area contributed by atoms with E-state index in [0.29, 0.717) is 23.8 Å². The highest BCUT2D eigenvalue weighted by Crippen LogP contribution is 2.09. The number of carbonyl (C=O) groups excluding carboxylic acids is 1. The Morgan fingerprint density at radius 2 is 1.90 bits per heavy atom. The van der Waals surface area contributed by atoms with Crippen LogP contribution < -0.4 is 5.32 Å². The summed E-state index contributed by atoms with van der Waals surface area (Å²) in [4.78, 5) is 20.1. The Balaban J connectivity index is 2.33. The fourth-order valence-corrected chi connectivity index (χ4v) is 2.07. The molecule has 0 aromatic carbocycles. The third-order valence-corrected chi connectivity index (χ3v) is 3.29. The van der Waals surface area contributed by atoms with Crippen molar-refractivity contribution in [1.29, 1.82) is 0 Å². The summed E-state index contributed by atoms with van der Waals surface area (Å²) in [5.74, 6) is 0.214. The van der Waals surface area contributed by atoms with Crippen LogP contribution in [0.2, 0.25) is 0 Å². The molecule has 5 nitrogen and oxygen atoms in total. The predicted octanol–water partition coefficient (Wildman–Crippen LogP) is 3.73. The molecule has 1 rings (SSSR count). The van der Waals surface area contributed by atoms with Crippen LogP contribution in [0, 0.1) is 6.92 Å². The minimum absolute atomic E-state index is 0.357. The van der Waals surface area contributed by atoms with Crippen LogP contribution in [0.5, 0.6) is 0 Å². The minimum Gasteiger partial charge on any atom is -0.462 e. The zero-order chi connectivity index (χ0) is 15.5. The molecule has 1 heterocycles. The summed E-state index contributed by atoms with van der Waals surface area (Å²) >= 11 is 0. The van der Waals surface area contributed by atoms with E-state index in [2.05, 4.69) is 22.2 Å². The summed E-state index contributed by atoms with van der Waals surface area (Å²) in [7, 11) is 0. The third-order valence-electron chi connectivity index (χ3n) is 3.29. The molecular formula is C16H27N3O2. The zero-order valence-corrected chi connectivity index (χ0v) is 13.4. The summed E-state index contributed by atoms with van der Waals surface area (Å²) in [5, 5.41) is 3.20. The summed E-state index contributed by atoms with van der Waals surface area (Å²) in [6.45, 7) is 7.02. The average molecular weight is 293 g/mol. The maximum absolute atomic E-state index is 11.6. The van der Waals surface area contributed by atoms with Crippen LogP contribution >= 0.6 is 0 Å². The van der Waals surface area contributed by atoms with E-state index in [1.54, 1.807) is 13.8 Å². The highest BCUT2D eigenvalue weighted by molar-refractivity contribution is 5.90. The molecule has 0 saturated heterocycles. The van der Waals surface area contributed by atoms with Crippen LogP contribution in [0.25, 0.3) is 0 Å². The number of esters is 1. The summed E-state index contributed by atoms with van der Waals surface area (Å²) in [6.07, 6.45) is 9.09. The first-order chi connectivity index (χ1) is 10.2. The first-order valence-corrected chi connectivity index (χ1v) is 7.93. The van der Waals surface area contributed by atoms with E-state index >= 15 is 0 Å². The van der Waals surface area contributed by atoms with Crippen LogP contribution in [0.1, 0.15) is 68.4 Å². The molecule has 1 N–H and O–H groups in total. The standard InChI is InChI=1S/C16H27N3O2/c1-4-6-7-8-9-10-11-17-16-18-12-14(13(3)19-16)15(20)21-5-2/h12H,4-11H2,1-3H3,(H,17,18,19). The Bertz CT molecular complexity index is 436. The number of carbonyl (C=O) groups is 1. The molecule has 5 heteroatoms. The monoisotopic (exact) mass is 293 g/mol. The number of ether oxygens (including phenoxy) is 1. The van der Waals surface area contributed by atoms with Gasteiger partial charge in [0.25, 0.3) is 0 Å². The number of unbranched alkanes of at least 4 members (excludes halogenated alkanes) is 5. The predicted molar refractivity (Wildman–Crippen MR) is 84.6 cm³/mol. The van der Waals surface area contributed by atoms with Gasteiger partial charge in [-0.25, -0.2) is 14.8 Å². The van der Waals surface area contributed by atoms with Gasteiger partial charge in [0.2, 0.25) is 5.95 Å². The van der Waals surface area contributed by atoms with Gasteiger partial charge < -0.3 is 10.1 Å². The number of anilines is 1. The molecule has 0 amide bonds. The molecule has 0 aliphatic carbocycles. The molecular weight excluding hydrogens is 266 g/mol. The second kappa shape index (κ2) is 10.1. The van der Waals surface area contributed by atoms with Crippen LogP contribution in [0.3, 0.4) is 0 Å². The van der Waals surface area contributed by atoms with Crippen LogP contribution in [-0.4, -0.2) is 29.1 Å². The molecule has 118 valence electrons. The van der Waals surface area contributed by atoms with Crippen LogP contribution in [0.4, 0.5) is 5.95 Å². The lowest BCUT2D eigenvalue weighted by Crippen LogP contribution is -2.11. The molecule has 0 fully saturated rings. The highest BCUT2D eigenvalue weighted by Gasteiger charge is 2.12. The Labute approximate surface area is 127 Å². The smallest absolute Gasteiger partial charge is 0.341 e. The molecule has 0 bridgehead atoms. The van der Waals surface area contributed by atoms with E-state index < -0.39 is 0 Å². The van der Waals surface area contributed by atoms with E-state index in [1.165, 1.54) is 38.3 Å². The SMILES string of the molecule is CCCCCCCCNc1ncc(C(=O)OCC)c(C)n1. The Hall–Kier alpha value is -1.65. The normalized spacial score (nSPS) is 10.4. The van der Waals surface area contributed by atoms with Gasteiger partial charge in [0.15, 0.2) is 0 Å². The summed E-state index contributed by atoms with van der Waals surface area (Å²) in [6, 6.07) is 0. The zero-order valence-electron chi connectivity index (χ0n) is 13.4. The quantitative estimate of drug-likeness (QED) is 0.526. The third kappa shape index (κ3) is 6.56. The van der Waals surface area contributed by atoms with Gasteiger partial charge in [-0.3, -0.25) is 0 Å². The molecule has 1 aromatic rings. The van der Waals surface area contributed by atoms with Crippen molar-refractivity contribution < 1.29 is 9.53 Å². The van der Waals surface area contributed by atoms with Crippen LogP contribution in [-0.2, 0) is 4.74 Å². The van der Waals surface area contributed by atoms with Gasteiger partial charge in [-0.05, 0) is 20.3 Å². The van der Waals surface area contributed by atoms with Crippen molar-refractivity contribution in [2.75, 3.05) is 18.5 Å². The molecule has 21 heavy (non-hydrogen) atoms. The second-order valence-corrected chi connectivity index (χ2v) is 5.11. The lowest BCUT2D eigenvalue weighted by molar-refractivity contribution is 0.0524. The molecule has 0 atom stereocenters. The molecule has 0 spiro atoms. The Morgan fingerprint density at radius 1 is 1.19 bits per heavy atom. The fourth-order valence-electron chi connectivity index (χ4n) is 2.07. The Morgan fingerprint density at radius 3 is 2.57 bits per heavy atom. The van der Waals surface area contributed by atoms with Crippen molar-refractivity contribution in [2.45, 2.75) is 59.3 Å². The van der Waals surface area contributed by atoms with E-state index in [0.717, 1.165) is 13.0 Å². The van der Waals surface area contributed by atoms with Crippen molar-refractivity contribution in [3.05, 3.63) is 17.5 Å². The van der Waals surface area contributed by atoms with Crippen molar-refractivity contribution in [3.63, 3.8) is 0 Å². The number of nitrogens with zero attached hydrogens (tertiary/aromatic N) is 2. The van der Waals surface area contributed by atoms with E-state index in [1.807, 2.05) is 0 Å². The minimum atomic E-state index is -0.363. The van der Waals surface area contributed by atoms with Gasteiger partial charge >= 0.3 is 5.97 Å². The fraction of sp³-hybridized carbons (Fsp3) is 0.688. The molecule has 0 unspecified atom stereocenters. The molecule has 0 aliphatic heterocycles. The lowest BCUT2D eigenvalue weighted by atomic mass is 10.1. The number of aromatic nitrogens is 2. The topological polar surface area (TPSA) is 64.1 Å². The maximum atomic E-state index is 11.6. The summed E-state index contributed by atoms with van der Waals surface area (Å²) in [5.41, 5.74) is 1.08. The number of rotatable bonds is 10. The molecule has 1 aromatic heterocycles. The average Bonchev–Trinajstić information content (AvgIpc) is 2.46. The lowest BCUT2D eigenvalue weighted by Gasteiger charge is -2.08. The highest BCUT2D eigenvalue weighted by atomic mass is 16.5. The van der Waals surface area contributed by atoms with Gasteiger partial charge in [0, 0.05) is 12.7 Å². The first kappa shape index (κ1) is 17.4.